The number of hydrogen-bond donors (Lipinski definition) is 3. The molecule has 11 nitrogen and oxygen atoms in total. The number of nitrogens with zero attached hydrogens (tertiary/aromatic N) is 4. The van der Waals surface area contributed by atoms with Crippen molar-refractivity contribution in [2.75, 3.05) is 6.61 Å². The molecule has 11 heteroatoms. The van der Waals surface area contributed by atoms with Crippen LogP contribution in [0.2, 0.25) is 0 Å². The van der Waals surface area contributed by atoms with Crippen molar-refractivity contribution >= 4 is 17.3 Å². The zero-order valence-corrected chi connectivity index (χ0v) is 22.3. The number of fused-ring (bicyclic) bond motifs is 1. The Morgan fingerprint density at radius 3 is 2.66 bits per heavy atom. The summed E-state index contributed by atoms with van der Waals surface area (Å²) in [5, 5.41) is 21.9. The molecule has 204 valence electrons. The van der Waals surface area contributed by atoms with E-state index in [1.165, 1.54) is 4.68 Å². The quantitative estimate of drug-likeness (QED) is 0.349. The highest BCUT2D eigenvalue weighted by atomic mass is 16.5. The Bertz CT molecular complexity index is 1350. The van der Waals surface area contributed by atoms with Crippen LogP contribution >= 0.6 is 0 Å². The van der Waals surface area contributed by atoms with Gasteiger partial charge in [-0.25, -0.2) is 4.52 Å². The average Bonchev–Trinajstić information content (AvgIpc) is 3.43. The maximum Gasteiger partial charge on any atom is 0.255 e. The lowest BCUT2D eigenvalue weighted by Gasteiger charge is -2.36. The van der Waals surface area contributed by atoms with E-state index in [-0.39, 0.29) is 36.1 Å². The molecule has 4 N–H and O–H groups in total. The van der Waals surface area contributed by atoms with Gasteiger partial charge in [0.1, 0.15) is 24.0 Å². The van der Waals surface area contributed by atoms with Gasteiger partial charge in [0.25, 0.3) is 11.8 Å². The molecular formula is C27H36N6O5. The number of carbonyl (C=O) groups excluding carboxylic acids is 2. The number of amides is 2. The van der Waals surface area contributed by atoms with E-state index in [0.29, 0.717) is 23.1 Å². The molecule has 3 aromatic heterocycles. The molecule has 0 radical (unpaired) electrons. The number of hydrogen-bond acceptors (Lipinski definition) is 7. The first-order valence-electron chi connectivity index (χ1n) is 13.1. The minimum Gasteiger partial charge on any atom is -0.489 e. The van der Waals surface area contributed by atoms with Crippen molar-refractivity contribution in [3.05, 3.63) is 41.3 Å². The van der Waals surface area contributed by atoms with Gasteiger partial charge in [-0.2, -0.15) is 5.10 Å². The fourth-order valence-corrected chi connectivity index (χ4v) is 5.04. The Morgan fingerprint density at radius 1 is 1.26 bits per heavy atom. The van der Waals surface area contributed by atoms with Gasteiger partial charge >= 0.3 is 0 Å². The predicted octanol–water partition coefficient (Wildman–Crippen LogP) is 2.56. The Kier molecular flexibility index (Phi) is 6.81. The molecule has 0 aromatic carbocycles. The zero-order valence-electron chi connectivity index (χ0n) is 22.3. The highest BCUT2D eigenvalue weighted by molar-refractivity contribution is 6.00. The van der Waals surface area contributed by atoms with Crippen LogP contribution in [0.5, 0.6) is 11.6 Å². The maximum atomic E-state index is 13.2. The molecule has 1 atom stereocenters. The van der Waals surface area contributed by atoms with E-state index in [1.807, 2.05) is 23.6 Å². The smallest absolute Gasteiger partial charge is 0.255 e. The number of ether oxygens (including phenoxy) is 2. The minimum absolute atomic E-state index is 0.0239. The number of aliphatic hydroxyl groups is 1. The van der Waals surface area contributed by atoms with Crippen LogP contribution in [0.15, 0.2) is 24.5 Å². The van der Waals surface area contributed by atoms with E-state index in [0.717, 1.165) is 43.3 Å². The van der Waals surface area contributed by atoms with Crippen molar-refractivity contribution in [1.82, 2.24) is 24.7 Å². The number of nitrogens with one attached hydrogen (secondary N) is 1. The normalized spacial score (nSPS) is 20.1. The van der Waals surface area contributed by atoms with Crippen LogP contribution in [0, 0.1) is 5.92 Å². The van der Waals surface area contributed by atoms with Crippen molar-refractivity contribution in [3.63, 3.8) is 0 Å². The minimum atomic E-state index is -0.946. The standard InChI is InChI=1S/C27H36N6O5/c1-15(9-16-10-18(11-16)38-26-20(24(28)34)13-32(4)31-26)30-25(35)19-12-29-33-21(19)7-8-22(23(33)17-5-6-17)37-14-27(2,3)36/h7-8,12-13,15-18,36H,5-6,9-11,14H2,1-4H3,(H2,28,34)(H,30,35)/t15-,16?,18?/m0/s1. The molecule has 2 aliphatic rings. The third kappa shape index (κ3) is 5.62. The van der Waals surface area contributed by atoms with Gasteiger partial charge in [0, 0.05) is 25.2 Å². The lowest BCUT2D eigenvalue weighted by Crippen LogP contribution is -2.40. The molecule has 3 heterocycles. The molecule has 2 fully saturated rings. The van der Waals surface area contributed by atoms with Crippen LogP contribution in [0.25, 0.3) is 5.52 Å². The third-order valence-electron chi connectivity index (χ3n) is 7.06. The molecule has 0 unspecified atom stereocenters. The summed E-state index contributed by atoms with van der Waals surface area (Å²) in [5.74, 6) is 0.986. The van der Waals surface area contributed by atoms with Crippen molar-refractivity contribution in [3.8, 4) is 11.6 Å². The number of carbonyl (C=O) groups is 2. The van der Waals surface area contributed by atoms with Gasteiger partial charge in [-0.05, 0) is 70.9 Å². The molecule has 0 saturated heterocycles. The van der Waals surface area contributed by atoms with E-state index in [4.69, 9.17) is 15.2 Å². The Hall–Kier alpha value is -3.60. The molecule has 38 heavy (non-hydrogen) atoms. The first kappa shape index (κ1) is 26.0. The van der Waals surface area contributed by atoms with Crippen molar-refractivity contribution in [2.24, 2.45) is 18.7 Å². The summed E-state index contributed by atoms with van der Waals surface area (Å²) in [6.07, 6.45) is 7.71. The molecule has 0 aliphatic heterocycles. The van der Waals surface area contributed by atoms with Gasteiger partial charge in [-0.1, -0.05) is 0 Å². The van der Waals surface area contributed by atoms with Crippen LogP contribution in [0.1, 0.15) is 85.2 Å². The molecular weight excluding hydrogens is 488 g/mol. The number of nitrogens with two attached hydrogens (primary N) is 1. The van der Waals surface area contributed by atoms with Gasteiger partial charge < -0.3 is 25.6 Å². The van der Waals surface area contributed by atoms with Gasteiger partial charge in [0.2, 0.25) is 5.88 Å². The molecule has 3 aromatic rings. The van der Waals surface area contributed by atoms with E-state index in [9.17, 15) is 14.7 Å². The van der Waals surface area contributed by atoms with E-state index in [2.05, 4.69) is 15.5 Å². The Labute approximate surface area is 221 Å². The summed E-state index contributed by atoms with van der Waals surface area (Å²) in [4.78, 5) is 24.7. The largest absolute Gasteiger partial charge is 0.489 e. The second-order valence-electron chi connectivity index (χ2n) is 11.4. The molecule has 2 saturated carbocycles. The summed E-state index contributed by atoms with van der Waals surface area (Å²) < 4.78 is 15.1. The van der Waals surface area contributed by atoms with Gasteiger partial charge in [0.15, 0.2) is 0 Å². The van der Waals surface area contributed by atoms with Gasteiger partial charge in [0.05, 0.1) is 28.6 Å². The second kappa shape index (κ2) is 9.94. The zero-order chi connectivity index (χ0) is 27.2. The second-order valence-corrected chi connectivity index (χ2v) is 11.4. The van der Waals surface area contributed by atoms with Crippen LogP contribution in [-0.2, 0) is 7.05 Å². The fraction of sp³-hybridized carbons (Fsp3) is 0.556. The molecule has 0 bridgehead atoms. The Balaban J connectivity index is 1.18. The highest BCUT2D eigenvalue weighted by Crippen LogP contribution is 2.44. The maximum absolute atomic E-state index is 13.2. The highest BCUT2D eigenvalue weighted by Gasteiger charge is 2.34. The van der Waals surface area contributed by atoms with E-state index < -0.39 is 11.5 Å². The van der Waals surface area contributed by atoms with Crippen LogP contribution < -0.4 is 20.5 Å². The molecule has 2 aliphatic carbocycles. The van der Waals surface area contributed by atoms with Crippen LogP contribution in [0.4, 0.5) is 0 Å². The summed E-state index contributed by atoms with van der Waals surface area (Å²) in [7, 11) is 1.72. The number of primary amides is 1. The molecule has 5 rings (SSSR count). The predicted molar refractivity (Wildman–Crippen MR) is 139 cm³/mol. The molecule has 2 amide bonds. The van der Waals surface area contributed by atoms with Crippen LogP contribution in [-0.4, -0.2) is 60.7 Å². The SMILES string of the molecule is C[C@@H](CC1CC(Oc2nn(C)cc2C(N)=O)C1)NC(=O)c1cnn2c(C3CC3)c(OCC(C)(C)O)ccc12. The summed E-state index contributed by atoms with van der Waals surface area (Å²) in [6, 6.07) is 3.69. The van der Waals surface area contributed by atoms with Crippen molar-refractivity contribution in [2.45, 2.75) is 76.5 Å². The van der Waals surface area contributed by atoms with Crippen molar-refractivity contribution in [1.29, 1.82) is 0 Å². The number of pyridine rings is 1. The number of rotatable bonds is 11. The van der Waals surface area contributed by atoms with E-state index >= 15 is 0 Å². The summed E-state index contributed by atoms with van der Waals surface area (Å²) >= 11 is 0. The average molecular weight is 525 g/mol. The van der Waals surface area contributed by atoms with Crippen LogP contribution in [0.3, 0.4) is 0 Å². The molecule has 0 spiro atoms. The lowest BCUT2D eigenvalue weighted by molar-refractivity contribution is 0.0279. The topological polar surface area (TPSA) is 146 Å². The first-order chi connectivity index (χ1) is 18.0. The Morgan fingerprint density at radius 2 is 2.00 bits per heavy atom. The number of aromatic nitrogens is 4. The summed E-state index contributed by atoms with van der Waals surface area (Å²) in [5.41, 5.74) is 6.96. The van der Waals surface area contributed by atoms with Gasteiger partial charge in [-0.15, -0.1) is 5.10 Å². The number of aryl methyl sites for hydroxylation is 1. The third-order valence-corrected chi connectivity index (χ3v) is 7.06. The van der Waals surface area contributed by atoms with Gasteiger partial charge in [-0.3, -0.25) is 14.3 Å². The fourth-order valence-electron chi connectivity index (χ4n) is 5.04. The lowest BCUT2D eigenvalue weighted by atomic mass is 9.78. The first-order valence-corrected chi connectivity index (χ1v) is 13.1. The van der Waals surface area contributed by atoms with E-state index in [1.54, 1.807) is 33.3 Å². The monoisotopic (exact) mass is 524 g/mol. The summed E-state index contributed by atoms with van der Waals surface area (Å²) in [6.45, 7) is 5.58. The van der Waals surface area contributed by atoms with Crippen molar-refractivity contribution < 1.29 is 24.2 Å².